The van der Waals surface area contributed by atoms with Crippen molar-refractivity contribution >= 4 is 6.21 Å². The van der Waals surface area contributed by atoms with Crippen LogP contribution in [0.3, 0.4) is 0 Å². The first-order valence-corrected chi connectivity index (χ1v) is 2.91. The van der Waals surface area contributed by atoms with E-state index < -0.39 is 0 Å². The van der Waals surface area contributed by atoms with Crippen LogP contribution < -0.4 is 5.32 Å². The fourth-order valence-electron chi connectivity index (χ4n) is 0.624. The Kier molecular flexibility index (Phi) is 1.72. The number of nitrogens with zero attached hydrogens (tertiary/aromatic N) is 2. The van der Waals surface area contributed by atoms with Gasteiger partial charge >= 0.3 is 0 Å². The van der Waals surface area contributed by atoms with Crippen molar-refractivity contribution in [1.29, 1.82) is 0 Å². The Morgan fingerprint density at radius 2 is 2.44 bits per heavy atom. The Bertz CT molecular complexity index is 146. The van der Waals surface area contributed by atoms with Gasteiger partial charge in [-0.15, -0.1) is 0 Å². The van der Waals surface area contributed by atoms with Crippen LogP contribution in [0.2, 0.25) is 0 Å². The molecule has 50 valence electrons. The summed E-state index contributed by atoms with van der Waals surface area (Å²) in [5.41, 5.74) is 1.11. The van der Waals surface area contributed by atoms with Crippen LogP contribution in [0.5, 0.6) is 0 Å². The molecule has 0 amide bonds. The van der Waals surface area contributed by atoms with Crippen LogP contribution in [-0.4, -0.2) is 31.9 Å². The summed E-state index contributed by atoms with van der Waals surface area (Å²) >= 11 is 0. The molecule has 1 aliphatic rings. The summed E-state index contributed by atoms with van der Waals surface area (Å²) in [5, 5.41) is 3.01. The van der Waals surface area contributed by atoms with Gasteiger partial charge in [-0.05, 0) is 0 Å². The van der Waals surface area contributed by atoms with Gasteiger partial charge in [-0.25, -0.2) is 0 Å². The van der Waals surface area contributed by atoms with Gasteiger partial charge in [0.2, 0.25) is 0 Å². The molecule has 0 fully saturated rings. The SMILES string of the molecule is CN(C)C1=CNCN=C1. The van der Waals surface area contributed by atoms with Crippen molar-refractivity contribution in [1.82, 2.24) is 10.2 Å². The van der Waals surface area contributed by atoms with E-state index in [4.69, 9.17) is 0 Å². The molecule has 0 bridgehead atoms. The second kappa shape index (κ2) is 2.53. The van der Waals surface area contributed by atoms with E-state index >= 15 is 0 Å². The Balaban J connectivity index is 2.58. The predicted molar refractivity (Wildman–Crippen MR) is 38.3 cm³/mol. The fourth-order valence-corrected chi connectivity index (χ4v) is 0.624. The lowest BCUT2D eigenvalue weighted by molar-refractivity contribution is 0.532. The number of hydrogen-bond donors (Lipinski definition) is 1. The topological polar surface area (TPSA) is 27.6 Å². The van der Waals surface area contributed by atoms with Crippen LogP contribution >= 0.6 is 0 Å². The van der Waals surface area contributed by atoms with Crippen LogP contribution in [0.25, 0.3) is 0 Å². The van der Waals surface area contributed by atoms with Crippen molar-refractivity contribution in [3.63, 3.8) is 0 Å². The standard InChI is InChI=1S/C6H11N3/c1-9(2)6-3-7-5-8-4-6/h3-4,7H,5H2,1-2H3. The van der Waals surface area contributed by atoms with Gasteiger partial charge in [0.15, 0.2) is 0 Å². The summed E-state index contributed by atoms with van der Waals surface area (Å²) in [6.07, 6.45) is 3.81. The molecular formula is C6H11N3. The maximum Gasteiger partial charge on any atom is 0.107 e. The lowest BCUT2D eigenvalue weighted by Gasteiger charge is -2.15. The molecule has 1 aliphatic heterocycles. The molecule has 1 heterocycles. The summed E-state index contributed by atoms with van der Waals surface area (Å²) in [6.45, 7) is 0.706. The van der Waals surface area contributed by atoms with Crippen molar-refractivity contribution < 1.29 is 0 Å². The molecule has 3 nitrogen and oxygen atoms in total. The quantitative estimate of drug-likeness (QED) is 0.535. The van der Waals surface area contributed by atoms with Crippen molar-refractivity contribution in [3.8, 4) is 0 Å². The van der Waals surface area contributed by atoms with Gasteiger partial charge in [0.05, 0.1) is 5.70 Å². The monoisotopic (exact) mass is 125 g/mol. The van der Waals surface area contributed by atoms with Gasteiger partial charge in [0.25, 0.3) is 0 Å². The number of allylic oxidation sites excluding steroid dienone is 1. The molecule has 1 N–H and O–H groups in total. The molecule has 0 aromatic carbocycles. The first-order chi connectivity index (χ1) is 4.30. The van der Waals surface area contributed by atoms with E-state index in [2.05, 4.69) is 10.3 Å². The molecule has 0 atom stereocenters. The summed E-state index contributed by atoms with van der Waals surface area (Å²) < 4.78 is 0. The highest BCUT2D eigenvalue weighted by Crippen LogP contribution is 1.94. The van der Waals surface area contributed by atoms with E-state index in [1.165, 1.54) is 0 Å². The number of rotatable bonds is 1. The first-order valence-electron chi connectivity index (χ1n) is 2.91. The van der Waals surface area contributed by atoms with Gasteiger partial charge in [0.1, 0.15) is 6.67 Å². The second-order valence-corrected chi connectivity index (χ2v) is 2.14. The van der Waals surface area contributed by atoms with Gasteiger partial charge in [0, 0.05) is 26.5 Å². The van der Waals surface area contributed by atoms with Crippen LogP contribution in [0.1, 0.15) is 0 Å². The molecule has 0 saturated heterocycles. The van der Waals surface area contributed by atoms with E-state index in [1.54, 1.807) is 0 Å². The molecular weight excluding hydrogens is 114 g/mol. The molecule has 1 rings (SSSR count). The molecule has 0 aromatic rings. The molecule has 0 unspecified atom stereocenters. The molecule has 0 aliphatic carbocycles. The van der Waals surface area contributed by atoms with Crippen molar-refractivity contribution in [2.75, 3.05) is 20.8 Å². The van der Waals surface area contributed by atoms with Crippen molar-refractivity contribution in [3.05, 3.63) is 11.9 Å². The third-order valence-corrected chi connectivity index (χ3v) is 1.17. The third kappa shape index (κ3) is 1.45. The number of hydrogen-bond acceptors (Lipinski definition) is 3. The normalized spacial score (nSPS) is 16.4. The molecule has 9 heavy (non-hydrogen) atoms. The maximum atomic E-state index is 4.03. The van der Waals surface area contributed by atoms with Crippen LogP contribution in [0.4, 0.5) is 0 Å². The smallest absolute Gasteiger partial charge is 0.107 e. The van der Waals surface area contributed by atoms with Gasteiger partial charge < -0.3 is 10.2 Å². The Labute approximate surface area is 55.1 Å². The lowest BCUT2D eigenvalue weighted by Crippen LogP contribution is -2.20. The highest BCUT2D eigenvalue weighted by atomic mass is 15.1. The Morgan fingerprint density at radius 1 is 1.67 bits per heavy atom. The van der Waals surface area contributed by atoms with Crippen molar-refractivity contribution in [2.24, 2.45) is 4.99 Å². The summed E-state index contributed by atoms with van der Waals surface area (Å²) in [7, 11) is 3.98. The number of nitrogens with one attached hydrogen (secondary N) is 1. The van der Waals surface area contributed by atoms with E-state index in [-0.39, 0.29) is 0 Å². The highest BCUT2D eigenvalue weighted by molar-refractivity contribution is 5.78. The van der Waals surface area contributed by atoms with Gasteiger partial charge in [-0.2, -0.15) is 0 Å². The first kappa shape index (κ1) is 6.13. The molecule has 0 radical (unpaired) electrons. The van der Waals surface area contributed by atoms with E-state index in [0.29, 0.717) is 6.67 Å². The van der Waals surface area contributed by atoms with E-state index in [9.17, 15) is 0 Å². The summed E-state index contributed by atoms with van der Waals surface area (Å²) in [6, 6.07) is 0. The largest absolute Gasteiger partial charge is 0.375 e. The molecule has 3 heteroatoms. The minimum Gasteiger partial charge on any atom is -0.375 e. The van der Waals surface area contributed by atoms with E-state index in [1.807, 2.05) is 31.4 Å². The zero-order valence-corrected chi connectivity index (χ0v) is 5.76. The molecule has 0 aromatic heterocycles. The zero-order valence-electron chi connectivity index (χ0n) is 5.76. The molecule has 0 saturated carbocycles. The Hall–Kier alpha value is -0.990. The summed E-state index contributed by atoms with van der Waals surface area (Å²) in [5.74, 6) is 0. The second-order valence-electron chi connectivity index (χ2n) is 2.14. The summed E-state index contributed by atoms with van der Waals surface area (Å²) in [4.78, 5) is 6.04. The lowest BCUT2D eigenvalue weighted by atomic mass is 10.4. The van der Waals surface area contributed by atoms with Crippen LogP contribution in [0, 0.1) is 0 Å². The minimum absolute atomic E-state index is 0.706. The predicted octanol–water partition coefficient (Wildman–Crippen LogP) is 0.0209. The average Bonchev–Trinajstić information content (AvgIpc) is 1.90. The highest BCUT2D eigenvalue weighted by Gasteiger charge is 1.96. The van der Waals surface area contributed by atoms with Crippen LogP contribution in [0.15, 0.2) is 16.9 Å². The van der Waals surface area contributed by atoms with Gasteiger partial charge in [-0.3, -0.25) is 4.99 Å². The third-order valence-electron chi connectivity index (χ3n) is 1.17. The van der Waals surface area contributed by atoms with Crippen LogP contribution in [-0.2, 0) is 0 Å². The minimum atomic E-state index is 0.706. The van der Waals surface area contributed by atoms with Gasteiger partial charge in [-0.1, -0.05) is 0 Å². The zero-order chi connectivity index (χ0) is 6.69. The maximum absolute atomic E-state index is 4.03. The van der Waals surface area contributed by atoms with E-state index in [0.717, 1.165) is 5.70 Å². The van der Waals surface area contributed by atoms with Crippen molar-refractivity contribution in [2.45, 2.75) is 0 Å². The Morgan fingerprint density at radius 3 is 2.78 bits per heavy atom. The average molecular weight is 125 g/mol. The number of aliphatic imine (C=N–C) groups is 1. The fraction of sp³-hybridized carbons (Fsp3) is 0.500. The molecule has 0 spiro atoms.